The minimum atomic E-state index is -0.941. The number of nitro groups is 1. The summed E-state index contributed by atoms with van der Waals surface area (Å²) in [5, 5.41) is 13.6. The molecule has 1 saturated carbocycles. The molecular weight excluding hydrogens is 300 g/mol. The molecule has 0 bridgehead atoms. The highest BCUT2D eigenvalue weighted by molar-refractivity contribution is 5.92. The highest BCUT2D eigenvalue weighted by atomic mass is 16.6. The minimum absolute atomic E-state index is 0.0523. The number of carbonyl (C=O) groups is 2. The Bertz CT molecular complexity index is 596. The Labute approximate surface area is 134 Å². The summed E-state index contributed by atoms with van der Waals surface area (Å²) >= 11 is 0. The number of nitro benzene ring substituents is 1. The van der Waals surface area contributed by atoms with Crippen LogP contribution in [-0.4, -0.2) is 28.9 Å². The van der Waals surface area contributed by atoms with E-state index in [0.29, 0.717) is 0 Å². The number of carbonyl (C=O) groups excluding carboxylic acids is 2. The molecule has 1 aromatic rings. The molecule has 124 valence electrons. The minimum Gasteiger partial charge on any atom is -0.449 e. The molecular formula is C16H20N2O5. The van der Waals surface area contributed by atoms with Crippen molar-refractivity contribution < 1.29 is 19.2 Å². The number of benzene rings is 1. The van der Waals surface area contributed by atoms with E-state index >= 15 is 0 Å². The summed E-state index contributed by atoms with van der Waals surface area (Å²) < 4.78 is 5.10. The van der Waals surface area contributed by atoms with Gasteiger partial charge in [0.25, 0.3) is 11.6 Å². The van der Waals surface area contributed by atoms with Crippen LogP contribution in [0.25, 0.3) is 0 Å². The number of esters is 1. The third-order valence-corrected chi connectivity index (χ3v) is 3.90. The molecule has 1 amide bonds. The Morgan fingerprint density at radius 2 is 2.00 bits per heavy atom. The van der Waals surface area contributed by atoms with Gasteiger partial charge in [-0.2, -0.15) is 0 Å². The summed E-state index contributed by atoms with van der Waals surface area (Å²) in [6, 6.07) is 5.38. The quantitative estimate of drug-likeness (QED) is 0.511. The molecule has 23 heavy (non-hydrogen) atoms. The molecule has 1 atom stereocenters. The molecule has 1 aliphatic rings. The van der Waals surface area contributed by atoms with Crippen molar-refractivity contribution in [2.75, 3.05) is 0 Å². The van der Waals surface area contributed by atoms with Gasteiger partial charge in [-0.3, -0.25) is 14.9 Å². The second-order valence-electron chi connectivity index (χ2n) is 5.70. The second kappa shape index (κ2) is 7.71. The summed E-state index contributed by atoms with van der Waals surface area (Å²) in [6.07, 6.45) is 4.31. The highest BCUT2D eigenvalue weighted by Gasteiger charge is 2.23. The predicted octanol–water partition coefficient (Wildman–Crippen LogP) is 2.59. The van der Waals surface area contributed by atoms with Crippen LogP contribution >= 0.6 is 0 Å². The monoisotopic (exact) mass is 320 g/mol. The number of nitrogens with zero attached hydrogens (tertiary/aromatic N) is 1. The molecule has 1 fully saturated rings. The topological polar surface area (TPSA) is 98.5 Å². The first-order valence-corrected chi connectivity index (χ1v) is 7.73. The summed E-state index contributed by atoms with van der Waals surface area (Å²) in [7, 11) is 0. The van der Waals surface area contributed by atoms with Crippen LogP contribution in [0, 0.1) is 10.1 Å². The van der Waals surface area contributed by atoms with Crippen LogP contribution in [-0.2, 0) is 9.53 Å². The molecule has 0 heterocycles. The summed E-state index contributed by atoms with van der Waals surface area (Å²) in [5.41, 5.74) is -0.143. The van der Waals surface area contributed by atoms with Gasteiger partial charge in [-0.1, -0.05) is 25.3 Å². The van der Waals surface area contributed by atoms with Gasteiger partial charge in [0.1, 0.15) is 0 Å². The zero-order chi connectivity index (χ0) is 16.8. The molecule has 1 aliphatic carbocycles. The van der Waals surface area contributed by atoms with E-state index in [9.17, 15) is 19.7 Å². The summed E-state index contributed by atoms with van der Waals surface area (Å²) in [5.74, 6) is -1.09. The average molecular weight is 320 g/mol. The summed E-state index contributed by atoms with van der Waals surface area (Å²) in [6.45, 7) is 1.49. The molecule has 0 unspecified atom stereocenters. The van der Waals surface area contributed by atoms with Gasteiger partial charge in [0, 0.05) is 18.2 Å². The molecule has 0 spiro atoms. The largest absolute Gasteiger partial charge is 0.449 e. The average Bonchev–Trinajstić information content (AvgIpc) is 2.55. The fraction of sp³-hybridized carbons (Fsp3) is 0.500. The van der Waals surface area contributed by atoms with Crippen molar-refractivity contribution >= 4 is 17.6 Å². The maximum atomic E-state index is 12.1. The maximum Gasteiger partial charge on any atom is 0.339 e. The number of hydrogen-bond donors (Lipinski definition) is 1. The van der Waals surface area contributed by atoms with Gasteiger partial charge in [0.05, 0.1) is 10.5 Å². The number of rotatable bonds is 5. The molecule has 7 heteroatoms. The van der Waals surface area contributed by atoms with Gasteiger partial charge in [-0.05, 0) is 25.8 Å². The van der Waals surface area contributed by atoms with Crippen LogP contribution in [0.3, 0.4) is 0 Å². The van der Waals surface area contributed by atoms with Gasteiger partial charge < -0.3 is 10.1 Å². The van der Waals surface area contributed by atoms with E-state index < -0.39 is 17.0 Å². The number of nitrogens with one attached hydrogen (secondary N) is 1. The Balaban J connectivity index is 1.92. The lowest BCUT2D eigenvalue weighted by Crippen LogP contribution is -2.42. The van der Waals surface area contributed by atoms with Crippen molar-refractivity contribution in [3.63, 3.8) is 0 Å². The van der Waals surface area contributed by atoms with E-state index in [-0.39, 0.29) is 23.2 Å². The van der Waals surface area contributed by atoms with Crippen LogP contribution < -0.4 is 5.32 Å². The van der Waals surface area contributed by atoms with Crippen molar-refractivity contribution in [3.05, 3.63) is 39.9 Å². The second-order valence-corrected chi connectivity index (χ2v) is 5.70. The van der Waals surface area contributed by atoms with Gasteiger partial charge >= 0.3 is 5.97 Å². The normalized spacial score (nSPS) is 16.4. The fourth-order valence-electron chi connectivity index (χ4n) is 2.59. The van der Waals surface area contributed by atoms with Crippen molar-refractivity contribution in [3.8, 4) is 0 Å². The van der Waals surface area contributed by atoms with Gasteiger partial charge in [0.2, 0.25) is 0 Å². The van der Waals surface area contributed by atoms with E-state index in [1.54, 1.807) is 0 Å². The molecule has 1 aromatic carbocycles. The maximum absolute atomic E-state index is 12.1. The first-order chi connectivity index (χ1) is 11.0. The van der Waals surface area contributed by atoms with Gasteiger partial charge in [-0.25, -0.2) is 4.79 Å². The number of non-ortho nitro benzene ring substituents is 1. The van der Waals surface area contributed by atoms with E-state index in [1.807, 2.05) is 0 Å². The zero-order valence-corrected chi connectivity index (χ0v) is 13.0. The first-order valence-electron chi connectivity index (χ1n) is 7.73. The summed E-state index contributed by atoms with van der Waals surface area (Å²) in [4.78, 5) is 34.2. The molecule has 0 aromatic heterocycles. The van der Waals surface area contributed by atoms with Crippen molar-refractivity contribution in [2.24, 2.45) is 0 Å². The van der Waals surface area contributed by atoms with Crippen molar-refractivity contribution in [1.82, 2.24) is 5.32 Å². The molecule has 1 N–H and O–H groups in total. The number of hydrogen-bond acceptors (Lipinski definition) is 5. The Hall–Kier alpha value is -2.44. The molecule has 0 aliphatic heterocycles. The SMILES string of the molecule is C[C@H](OC(=O)c1cccc([N+](=O)[O-])c1)C(=O)NC1CCCCC1. The van der Waals surface area contributed by atoms with E-state index in [1.165, 1.54) is 31.5 Å². The van der Waals surface area contributed by atoms with Crippen molar-refractivity contribution in [2.45, 2.75) is 51.2 Å². The molecule has 0 radical (unpaired) electrons. The lowest BCUT2D eigenvalue weighted by molar-refractivity contribution is -0.384. The van der Waals surface area contributed by atoms with E-state index in [4.69, 9.17) is 4.74 Å². The zero-order valence-electron chi connectivity index (χ0n) is 13.0. The van der Waals surface area contributed by atoms with E-state index in [0.717, 1.165) is 31.7 Å². The lowest BCUT2D eigenvalue weighted by Gasteiger charge is -2.24. The Morgan fingerprint density at radius 1 is 1.30 bits per heavy atom. The molecule has 2 rings (SSSR count). The van der Waals surface area contributed by atoms with E-state index in [2.05, 4.69) is 5.32 Å². The van der Waals surface area contributed by atoms with Crippen LogP contribution in [0.5, 0.6) is 0 Å². The van der Waals surface area contributed by atoms with Crippen LogP contribution in [0.2, 0.25) is 0 Å². The lowest BCUT2D eigenvalue weighted by atomic mass is 9.95. The van der Waals surface area contributed by atoms with Crippen LogP contribution in [0.1, 0.15) is 49.4 Å². The third kappa shape index (κ3) is 4.77. The van der Waals surface area contributed by atoms with Crippen molar-refractivity contribution in [1.29, 1.82) is 0 Å². The Kier molecular flexibility index (Phi) is 5.67. The number of amides is 1. The van der Waals surface area contributed by atoms with Crippen LogP contribution in [0.4, 0.5) is 5.69 Å². The van der Waals surface area contributed by atoms with Gasteiger partial charge in [-0.15, -0.1) is 0 Å². The predicted molar refractivity (Wildman–Crippen MR) is 83.0 cm³/mol. The first kappa shape index (κ1) is 16.9. The Morgan fingerprint density at radius 3 is 2.65 bits per heavy atom. The molecule has 0 saturated heterocycles. The van der Waals surface area contributed by atoms with Crippen LogP contribution in [0.15, 0.2) is 24.3 Å². The smallest absolute Gasteiger partial charge is 0.339 e. The van der Waals surface area contributed by atoms with Gasteiger partial charge in [0.15, 0.2) is 6.10 Å². The third-order valence-electron chi connectivity index (χ3n) is 3.90. The standard InChI is InChI=1S/C16H20N2O5/c1-11(15(19)17-13-7-3-2-4-8-13)23-16(20)12-6-5-9-14(10-12)18(21)22/h5-6,9-11,13H,2-4,7-8H2,1H3,(H,17,19)/t11-/m0/s1. The number of ether oxygens (including phenoxy) is 1. The highest BCUT2D eigenvalue weighted by Crippen LogP contribution is 2.18. The molecule has 7 nitrogen and oxygen atoms in total. The fourth-order valence-corrected chi connectivity index (χ4v) is 2.59.